The standard InChI is InChI=1S/C26H33NO7/c1-2-4-18-13-19-23(15-22(18)34-26(29)27-7-11-30-12-8-27)33-16-20(25(19)28)17-5-6-21-24(14-17)32-10-3-9-31-21/h5-6,14,16,18-19,22-23H,2-4,7-13,15H2,1H3. The summed E-state index contributed by atoms with van der Waals surface area (Å²) >= 11 is 0. The van der Waals surface area contributed by atoms with Gasteiger partial charge in [-0.3, -0.25) is 4.79 Å². The van der Waals surface area contributed by atoms with Gasteiger partial charge in [-0.15, -0.1) is 0 Å². The first-order chi connectivity index (χ1) is 16.6. The molecule has 34 heavy (non-hydrogen) atoms. The highest BCUT2D eigenvalue weighted by Gasteiger charge is 2.46. The van der Waals surface area contributed by atoms with E-state index >= 15 is 0 Å². The van der Waals surface area contributed by atoms with E-state index in [4.69, 9.17) is 23.7 Å². The van der Waals surface area contributed by atoms with Crippen molar-refractivity contribution >= 4 is 17.4 Å². The third-order valence-electron chi connectivity index (χ3n) is 7.20. The summed E-state index contributed by atoms with van der Waals surface area (Å²) < 4.78 is 28.9. The summed E-state index contributed by atoms with van der Waals surface area (Å²) in [5.41, 5.74) is 1.34. The van der Waals surface area contributed by atoms with E-state index in [1.165, 1.54) is 0 Å². The van der Waals surface area contributed by atoms with Crippen LogP contribution in [0.3, 0.4) is 0 Å². The van der Waals surface area contributed by atoms with Gasteiger partial charge in [-0.25, -0.2) is 4.79 Å². The molecule has 0 radical (unpaired) electrons. The Hall–Kier alpha value is -2.74. The third kappa shape index (κ3) is 4.73. The molecule has 184 valence electrons. The number of morpholine rings is 1. The number of hydrogen-bond acceptors (Lipinski definition) is 7. The van der Waals surface area contributed by atoms with E-state index in [0.717, 1.165) is 24.8 Å². The Labute approximate surface area is 200 Å². The monoisotopic (exact) mass is 471 g/mol. The van der Waals surface area contributed by atoms with Crippen molar-refractivity contribution in [2.45, 2.75) is 51.2 Å². The van der Waals surface area contributed by atoms with Gasteiger partial charge in [-0.1, -0.05) is 19.4 Å². The molecule has 1 saturated heterocycles. The maximum absolute atomic E-state index is 13.6. The highest BCUT2D eigenvalue weighted by molar-refractivity contribution is 6.22. The van der Waals surface area contributed by atoms with Crippen molar-refractivity contribution < 1.29 is 33.3 Å². The number of amides is 1. The number of nitrogens with zero attached hydrogens (tertiary/aromatic N) is 1. The van der Waals surface area contributed by atoms with Crippen LogP contribution in [0.15, 0.2) is 24.5 Å². The van der Waals surface area contributed by atoms with Gasteiger partial charge in [0, 0.05) is 25.9 Å². The Morgan fingerprint density at radius 2 is 1.88 bits per heavy atom. The van der Waals surface area contributed by atoms with Crippen molar-refractivity contribution in [3.05, 3.63) is 30.0 Å². The fraction of sp³-hybridized carbons (Fsp3) is 0.615. The molecule has 1 amide bonds. The molecule has 1 aliphatic carbocycles. The third-order valence-corrected chi connectivity index (χ3v) is 7.20. The number of carbonyl (C=O) groups excluding carboxylic acids is 2. The smallest absolute Gasteiger partial charge is 0.410 e. The highest BCUT2D eigenvalue weighted by atomic mass is 16.6. The molecular formula is C26H33NO7. The van der Waals surface area contributed by atoms with Crippen molar-refractivity contribution in [3.8, 4) is 11.5 Å². The summed E-state index contributed by atoms with van der Waals surface area (Å²) in [5, 5.41) is 0. The summed E-state index contributed by atoms with van der Waals surface area (Å²) in [6, 6.07) is 5.62. The second-order valence-electron chi connectivity index (χ2n) is 9.43. The van der Waals surface area contributed by atoms with Gasteiger partial charge in [0.25, 0.3) is 0 Å². The molecule has 1 saturated carbocycles. The molecule has 4 aliphatic rings. The number of allylic oxidation sites excluding steroid dienone is 1. The molecule has 1 aromatic rings. The van der Waals surface area contributed by atoms with Gasteiger partial charge in [-0.2, -0.15) is 0 Å². The van der Waals surface area contributed by atoms with Crippen LogP contribution in [0.2, 0.25) is 0 Å². The van der Waals surface area contributed by atoms with Crippen molar-refractivity contribution in [3.63, 3.8) is 0 Å². The molecule has 8 heteroatoms. The number of rotatable bonds is 4. The summed E-state index contributed by atoms with van der Waals surface area (Å²) in [4.78, 5) is 28.0. The molecule has 4 atom stereocenters. The van der Waals surface area contributed by atoms with Crippen LogP contribution in [0.1, 0.15) is 44.6 Å². The van der Waals surface area contributed by atoms with Crippen LogP contribution in [0.25, 0.3) is 5.57 Å². The Morgan fingerprint density at radius 1 is 1.09 bits per heavy atom. The van der Waals surface area contributed by atoms with Crippen LogP contribution in [0, 0.1) is 11.8 Å². The Balaban J connectivity index is 1.31. The topological polar surface area (TPSA) is 83.5 Å². The Bertz CT molecular complexity index is 939. The zero-order valence-electron chi connectivity index (χ0n) is 19.7. The molecule has 8 nitrogen and oxygen atoms in total. The van der Waals surface area contributed by atoms with Gasteiger partial charge in [0.1, 0.15) is 12.2 Å². The molecule has 0 bridgehead atoms. The second-order valence-corrected chi connectivity index (χ2v) is 9.43. The fourth-order valence-electron chi connectivity index (χ4n) is 5.36. The largest absolute Gasteiger partial charge is 0.496 e. The minimum atomic E-state index is -0.293. The quantitative estimate of drug-likeness (QED) is 0.660. The van der Waals surface area contributed by atoms with E-state index in [0.29, 0.717) is 69.4 Å². The number of hydrogen-bond donors (Lipinski definition) is 0. The number of fused-ring (bicyclic) bond motifs is 2. The first kappa shape index (κ1) is 23.0. The van der Waals surface area contributed by atoms with Crippen molar-refractivity contribution in [1.29, 1.82) is 0 Å². The van der Waals surface area contributed by atoms with Crippen LogP contribution in [-0.2, 0) is 19.0 Å². The van der Waals surface area contributed by atoms with Crippen LogP contribution in [0.4, 0.5) is 4.79 Å². The molecule has 3 aliphatic heterocycles. The van der Waals surface area contributed by atoms with Crippen LogP contribution in [0.5, 0.6) is 11.5 Å². The summed E-state index contributed by atoms with van der Waals surface area (Å²) in [7, 11) is 0. The lowest BCUT2D eigenvalue weighted by Gasteiger charge is -2.42. The zero-order chi connectivity index (χ0) is 23.5. The van der Waals surface area contributed by atoms with Crippen LogP contribution < -0.4 is 9.47 Å². The summed E-state index contributed by atoms with van der Waals surface area (Å²) in [5.74, 6) is 1.34. The first-order valence-corrected chi connectivity index (χ1v) is 12.5. The highest BCUT2D eigenvalue weighted by Crippen LogP contribution is 2.42. The lowest BCUT2D eigenvalue weighted by atomic mass is 9.71. The summed E-state index contributed by atoms with van der Waals surface area (Å²) in [6.45, 7) is 5.50. The molecule has 4 unspecified atom stereocenters. The van der Waals surface area contributed by atoms with Crippen molar-refractivity contribution in [2.75, 3.05) is 39.5 Å². The average Bonchev–Trinajstić information content (AvgIpc) is 3.11. The van der Waals surface area contributed by atoms with Gasteiger partial charge >= 0.3 is 6.09 Å². The molecule has 3 heterocycles. The lowest BCUT2D eigenvalue weighted by molar-refractivity contribution is -0.130. The Morgan fingerprint density at radius 3 is 2.68 bits per heavy atom. The Kier molecular flexibility index (Phi) is 6.94. The molecule has 0 N–H and O–H groups in total. The molecule has 2 fully saturated rings. The fourth-order valence-corrected chi connectivity index (χ4v) is 5.36. The first-order valence-electron chi connectivity index (χ1n) is 12.5. The lowest BCUT2D eigenvalue weighted by Crippen LogP contribution is -2.49. The predicted molar refractivity (Wildman–Crippen MR) is 124 cm³/mol. The minimum Gasteiger partial charge on any atom is -0.496 e. The summed E-state index contributed by atoms with van der Waals surface area (Å²) in [6.07, 6.45) is 4.62. The van der Waals surface area contributed by atoms with E-state index in [-0.39, 0.29) is 35.9 Å². The van der Waals surface area contributed by atoms with E-state index in [9.17, 15) is 9.59 Å². The van der Waals surface area contributed by atoms with Gasteiger partial charge in [0.05, 0.1) is 44.2 Å². The van der Waals surface area contributed by atoms with Gasteiger partial charge in [0.15, 0.2) is 17.3 Å². The average molecular weight is 472 g/mol. The zero-order valence-corrected chi connectivity index (χ0v) is 19.7. The normalized spacial score (nSPS) is 28.8. The molecular weight excluding hydrogens is 438 g/mol. The van der Waals surface area contributed by atoms with E-state index in [1.807, 2.05) is 18.2 Å². The van der Waals surface area contributed by atoms with Gasteiger partial charge < -0.3 is 28.6 Å². The number of carbonyl (C=O) groups is 2. The molecule has 0 aromatic heterocycles. The SMILES string of the molecule is CCCC1CC2C(=O)C(c3ccc4c(c3)OCCCO4)=COC2CC1OC(=O)N1CCOCC1. The van der Waals surface area contributed by atoms with E-state index in [1.54, 1.807) is 11.2 Å². The number of Topliss-reactive ketones (excluding diaryl/α,β-unsaturated/α-hetero) is 1. The second kappa shape index (κ2) is 10.3. The van der Waals surface area contributed by atoms with E-state index in [2.05, 4.69) is 6.92 Å². The predicted octanol–water partition coefficient (Wildman–Crippen LogP) is 3.82. The van der Waals surface area contributed by atoms with Gasteiger partial charge in [-0.05, 0) is 36.5 Å². The number of ketones is 1. The van der Waals surface area contributed by atoms with E-state index < -0.39 is 0 Å². The molecule has 1 aromatic carbocycles. The number of benzene rings is 1. The van der Waals surface area contributed by atoms with Gasteiger partial charge in [0.2, 0.25) is 0 Å². The minimum absolute atomic E-state index is 0.0878. The maximum Gasteiger partial charge on any atom is 0.410 e. The van der Waals surface area contributed by atoms with Crippen molar-refractivity contribution in [2.24, 2.45) is 11.8 Å². The van der Waals surface area contributed by atoms with Crippen LogP contribution in [-0.4, -0.2) is 68.5 Å². The molecule has 0 spiro atoms. The van der Waals surface area contributed by atoms with Crippen molar-refractivity contribution in [1.82, 2.24) is 4.90 Å². The molecule has 5 rings (SSSR count). The maximum atomic E-state index is 13.6. The number of ether oxygens (including phenoxy) is 5. The van der Waals surface area contributed by atoms with Crippen LogP contribution >= 0.6 is 0 Å².